The molecule has 0 aliphatic heterocycles. The number of hydrogen-bond donors (Lipinski definition) is 1. The van der Waals surface area contributed by atoms with Gasteiger partial charge in [-0.3, -0.25) is 0 Å². The third-order valence-electron chi connectivity index (χ3n) is 2.35. The molecule has 0 amide bonds. The minimum absolute atomic E-state index is 0.106. The predicted molar refractivity (Wildman–Crippen MR) is 69.2 cm³/mol. The Bertz CT molecular complexity index is 696. The zero-order chi connectivity index (χ0) is 13.9. The molecule has 2 rings (SSSR count). The number of nitrogens with two attached hydrogens (primary N) is 1. The molecule has 5 nitrogen and oxygen atoms in total. The molecule has 6 heteroatoms. The van der Waals surface area contributed by atoms with Crippen LogP contribution in [0, 0.1) is 0 Å². The molecule has 2 aromatic carbocycles. The number of carbonyl (C=O) groups is 1. The average molecular weight is 277 g/mol. The molecule has 0 heterocycles. The lowest BCUT2D eigenvalue weighted by molar-refractivity contribution is 0.0734. The topological polar surface area (TPSA) is 86.5 Å². The first-order chi connectivity index (χ1) is 8.97. The Morgan fingerprint density at radius 1 is 1.00 bits per heavy atom. The van der Waals surface area contributed by atoms with Gasteiger partial charge in [0.05, 0.1) is 10.5 Å². The van der Waals surface area contributed by atoms with E-state index in [0.717, 1.165) is 0 Å². The molecule has 98 valence electrons. The van der Waals surface area contributed by atoms with Gasteiger partial charge in [-0.05, 0) is 24.3 Å². The summed E-state index contributed by atoms with van der Waals surface area (Å²) in [5.74, 6) is -0.437. The van der Waals surface area contributed by atoms with E-state index in [-0.39, 0.29) is 10.6 Å². The second kappa shape index (κ2) is 5.21. The van der Waals surface area contributed by atoms with E-state index < -0.39 is 16.0 Å². The molecule has 0 aliphatic carbocycles. The summed E-state index contributed by atoms with van der Waals surface area (Å²) >= 11 is 0. The van der Waals surface area contributed by atoms with Crippen molar-refractivity contribution < 1.29 is 17.9 Å². The Labute approximate surface area is 110 Å². The molecule has 0 atom stereocenters. The van der Waals surface area contributed by atoms with Crippen molar-refractivity contribution in [2.75, 3.05) is 0 Å². The maximum absolute atomic E-state index is 11.8. The normalized spacial score (nSPS) is 11.0. The fourth-order valence-electron chi connectivity index (χ4n) is 1.45. The van der Waals surface area contributed by atoms with Crippen LogP contribution in [-0.2, 0) is 10.0 Å². The molecule has 2 aromatic rings. The van der Waals surface area contributed by atoms with Gasteiger partial charge in [-0.15, -0.1) is 0 Å². The monoisotopic (exact) mass is 277 g/mol. The van der Waals surface area contributed by atoms with Crippen molar-refractivity contribution in [1.82, 2.24) is 0 Å². The van der Waals surface area contributed by atoms with Crippen molar-refractivity contribution in [2.45, 2.75) is 4.90 Å². The average Bonchev–Trinajstić information content (AvgIpc) is 2.39. The molecule has 0 saturated heterocycles. The van der Waals surface area contributed by atoms with Crippen molar-refractivity contribution in [3.8, 4) is 5.75 Å². The van der Waals surface area contributed by atoms with E-state index in [0.29, 0.717) is 5.56 Å². The van der Waals surface area contributed by atoms with Crippen LogP contribution in [0.15, 0.2) is 59.5 Å². The first-order valence-electron chi connectivity index (χ1n) is 5.37. The Balaban J connectivity index is 2.23. The lowest BCUT2D eigenvalue weighted by atomic mass is 10.2. The van der Waals surface area contributed by atoms with Crippen LogP contribution in [0.5, 0.6) is 5.75 Å². The second-order valence-electron chi connectivity index (χ2n) is 3.78. The van der Waals surface area contributed by atoms with Crippen molar-refractivity contribution in [3.63, 3.8) is 0 Å². The highest BCUT2D eigenvalue weighted by molar-refractivity contribution is 7.89. The molecule has 0 aliphatic rings. The van der Waals surface area contributed by atoms with Gasteiger partial charge < -0.3 is 4.74 Å². The highest BCUT2D eigenvalue weighted by Crippen LogP contribution is 2.17. The summed E-state index contributed by atoms with van der Waals surface area (Å²) in [6.45, 7) is 0. The molecule has 0 fully saturated rings. The van der Waals surface area contributed by atoms with E-state index in [2.05, 4.69) is 0 Å². The number of ether oxygens (including phenoxy) is 1. The quantitative estimate of drug-likeness (QED) is 0.681. The summed E-state index contributed by atoms with van der Waals surface area (Å²) in [6, 6.07) is 13.9. The second-order valence-corrected chi connectivity index (χ2v) is 5.34. The third-order valence-corrected chi connectivity index (χ3v) is 3.27. The predicted octanol–water partition coefficient (Wildman–Crippen LogP) is 1.55. The van der Waals surface area contributed by atoms with Gasteiger partial charge in [-0.1, -0.05) is 24.3 Å². The lowest BCUT2D eigenvalue weighted by Gasteiger charge is -2.05. The summed E-state index contributed by atoms with van der Waals surface area (Å²) in [5.41, 5.74) is 0.378. The molecule has 0 spiro atoms. The lowest BCUT2D eigenvalue weighted by Crippen LogP contribution is -2.13. The molecular weight excluding hydrogens is 266 g/mol. The molecule has 0 radical (unpaired) electrons. The van der Waals surface area contributed by atoms with Crippen LogP contribution in [0.4, 0.5) is 0 Å². The Kier molecular flexibility index (Phi) is 3.64. The van der Waals surface area contributed by atoms with Crippen molar-refractivity contribution in [3.05, 3.63) is 60.2 Å². The number of primary sulfonamides is 1. The molecule has 0 saturated carbocycles. The van der Waals surface area contributed by atoms with Gasteiger partial charge in [0, 0.05) is 6.07 Å². The van der Waals surface area contributed by atoms with Gasteiger partial charge in [-0.2, -0.15) is 0 Å². The highest BCUT2D eigenvalue weighted by atomic mass is 32.2. The minimum atomic E-state index is -3.82. The van der Waals surface area contributed by atoms with Gasteiger partial charge in [0.2, 0.25) is 10.0 Å². The highest BCUT2D eigenvalue weighted by Gasteiger charge is 2.11. The van der Waals surface area contributed by atoms with E-state index >= 15 is 0 Å². The van der Waals surface area contributed by atoms with Crippen molar-refractivity contribution in [1.29, 1.82) is 0 Å². The minimum Gasteiger partial charge on any atom is -0.423 e. The SMILES string of the molecule is NS(=O)(=O)c1cccc(OC(=O)c2ccccc2)c1. The number of rotatable bonds is 3. The van der Waals surface area contributed by atoms with E-state index in [1.54, 1.807) is 30.3 Å². The largest absolute Gasteiger partial charge is 0.423 e. The van der Waals surface area contributed by atoms with Crippen LogP contribution in [0.25, 0.3) is 0 Å². The Hall–Kier alpha value is -2.18. The van der Waals surface area contributed by atoms with Crippen LogP contribution >= 0.6 is 0 Å². The zero-order valence-electron chi connectivity index (χ0n) is 9.81. The smallest absolute Gasteiger partial charge is 0.343 e. The standard InChI is InChI=1S/C13H11NO4S/c14-19(16,17)12-8-4-7-11(9-12)18-13(15)10-5-2-1-3-6-10/h1-9H,(H2,14,16,17). The summed E-state index contributed by atoms with van der Waals surface area (Å²) in [7, 11) is -3.82. The molecule has 2 N–H and O–H groups in total. The van der Waals surface area contributed by atoms with E-state index in [9.17, 15) is 13.2 Å². The first kappa shape index (κ1) is 13.3. The number of sulfonamides is 1. The molecule has 0 aromatic heterocycles. The van der Waals surface area contributed by atoms with Gasteiger partial charge in [0.1, 0.15) is 5.75 Å². The summed E-state index contributed by atoms with van der Waals surface area (Å²) < 4.78 is 27.4. The molecule has 0 unspecified atom stereocenters. The van der Waals surface area contributed by atoms with Crippen molar-refractivity contribution >= 4 is 16.0 Å². The van der Waals surface area contributed by atoms with E-state index in [4.69, 9.17) is 9.88 Å². The number of esters is 1. The third kappa shape index (κ3) is 3.40. The molecule has 19 heavy (non-hydrogen) atoms. The van der Waals surface area contributed by atoms with Crippen LogP contribution in [0.3, 0.4) is 0 Å². The first-order valence-corrected chi connectivity index (χ1v) is 6.91. The Morgan fingerprint density at radius 3 is 2.32 bits per heavy atom. The number of hydrogen-bond acceptors (Lipinski definition) is 4. The zero-order valence-corrected chi connectivity index (χ0v) is 10.6. The van der Waals surface area contributed by atoms with Crippen LogP contribution in [0.1, 0.15) is 10.4 Å². The van der Waals surface area contributed by atoms with Gasteiger partial charge in [0.15, 0.2) is 0 Å². The van der Waals surface area contributed by atoms with Gasteiger partial charge >= 0.3 is 5.97 Å². The van der Waals surface area contributed by atoms with Crippen molar-refractivity contribution in [2.24, 2.45) is 5.14 Å². The molecular formula is C13H11NO4S. The van der Waals surface area contributed by atoms with E-state index in [1.807, 2.05) is 0 Å². The van der Waals surface area contributed by atoms with Gasteiger partial charge in [-0.25, -0.2) is 18.4 Å². The van der Waals surface area contributed by atoms with Gasteiger partial charge in [0.25, 0.3) is 0 Å². The fraction of sp³-hybridized carbons (Fsp3) is 0. The fourth-order valence-corrected chi connectivity index (χ4v) is 2.00. The summed E-state index contributed by atoms with van der Waals surface area (Å²) in [4.78, 5) is 11.7. The number of benzene rings is 2. The van der Waals surface area contributed by atoms with Crippen LogP contribution in [-0.4, -0.2) is 14.4 Å². The summed E-state index contributed by atoms with van der Waals surface area (Å²) in [5, 5.41) is 5.00. The number of carbonyl (C=O) groups excluding carboxylic acids is 1. The maximum Gasteiger partial charge on any atom is 0.343 e. The van der Waals surface area contributed by atoms with E-state index in [1.165, 1.54) is 24.3 Å². The van der Waals surface area contributed by atoms with Crippen LogP contribution in [0.2, 0.25) is 0 Å². The summed E-state index contributed by atoms with van der Waals surface area (Å²) in [6.07, 6.45) is 0. The Morgan fingerprint density at radius 2 is 1.68 bits per heavy atom. The molecule has 0 bridgehead atoms. The van der Waals surface area contributed by atoms with Crippen LogP contribution < -0.4 is 9.88 Å². The maximum atomic E-state index is 11.8.